The van der Waals surface area contributed by atoms with Crippen LogP contribution in [-0.2, 0) is 4.79 Å². The molecule has 0 spiro atoms. The number of rotatable bonds is 8. The lowest BCUT2D eigenvalue weighted by atomic mass is 9.82. The number of nitrogens with zero attached hydrogens (tertiary/aromatic N) is 5. The van der Waals surface area contributed by atoms with Gasteiger partial charge >= 0.3 is 0 Å². The van der Waals surface area contributed by atoms with Crippen LogP contribution in [0, 0.1) is 0 Å². The molecule has 198 valence electrons. The van der Waals surface area contributed by atoms with Gasteiger partial charge in [-0.05, 0) is 63.4 Å². The smallest absolute Gasteiger partial charge is 0.261 e. The number of hydrogen-bond donors (Lipinski definition) is 2. The molecule has 1 saturated carbocycles. The number of aliphatic hydroxyl groups excluding tert-OH is 1. The minimum absolute atomic E-state index is 0.0411. The van der Waals surface area contributed by atoms with E-state index in [1.807, 2.05) is 10.8 Å². The van der Waals surface area contributed by atoms with Crippen LogP contribution in [0.4, 0.5) is 5.95 Å². The first-order valence-corrected chi connectivity index (χ1v) is 13.6. The molecule has 0 bridgehead atoms. The average molecular weight is 499 g/mol. The first-order valence-electron chi connectivity index (χ1n) is 13.6. The summed E-state index contributed by atoms with van der Waals surface area (Å²) in [5.74, 6) is 0.931. The van der Waals surface area contributed by atoms with Gasteiger partial charge in [-0.3, -0.25) is 14.5 Å². The second-order valence-electron chi connectivity index (χ2n) is 10.9. The van der Waals surface area contributed by atoms with Crippen LogP contribution in [0.15, 0.2) is 17.2 Å². The number of pyridine rings is 1. The van der Waals surface area contributed by atoms with Gasteiger partial charge in [0, 0.05) is 51.7 Å². The summed E-state index contributed by atoms with van der Waals surface area (Å²) in [5.41, 5.74) is 1.80. The van der Waals surface area contributed by atoms with Crippen LogP contribution in [-0.4, -0.2) is 81.2 Å². The number of amides is 1. The Kier molecular flexibility index (Phi) is 8.62. The zero-order valence-corrected chi connectivity index (χ0v) is 22.2. The zero-order valence-electron chi connectivity index (χ0n) is 22.2. The van der Waals surface area contributed by atoms with Crippen LogP contribution in [0.25, 0.3) is 10.9 Å². The number of fused-ring (bicyclic) bond motifs is 1. The van der Waals surface area contributed by atoms with Crippen molar-refractivity contribution < 1.29 is 9.90 Å². The monoisotopic (exact) mass is 498 g/mol. The van der Waals surface area contributed by atoms with Crippen LogP contribution in [0.3, 0.4) is 0 Å². The van der Waals surface area contributed by atoms with Gasteiger partial charge in [0.05, 0.1) is 23.6 Å². The number of hydrogen-bond acceptors (Lipinski definition) is 7. The van der Waals surface area contributed by atoms with Crippen molar-refractivity contribution in [2.24, 2.45) is 0 Å². The fourth-order valence-corrected chi connectivity index (χ4v) is 5.61. The van der Waals surface area contributed by atoms with Gasteiger partial charge in [0.25, 0.3) is 5.56 Å². The van der Waals surface area contributed by atoms with Crippen molar-refractivity contribution in [2.45, 2.75) is 89.3 Å². The minimum Gasteiger partial charge on any atom is -0.393 e. The summed E-state index contributed by atoms with van der Waals surface area (Å²) in [6.07, 6.45) is 10.6. The van der Waals surface area contributed by atoms with Gasteiger partial charge in [-0.25, -0.2) is 9.97 Å². The molecule has 1 aliphatic carbocycles. The van der Waals surface area contributed by atoms with Crippen molar-refractivity contribution in [3.05, 3.63) is 28.3 Å². The van der Waals surface area contributed by atoms with E-state index < -0.39 is 0 Å². The lowest BCUT2D eigenvalue weighted by molar-refractivity contribution is -0.130. The van der Waals surface area contributed by atoms with Gasteiger partial charge in [0.2, 0.25) is 11.9 Å². The van der Waals surface area contributed by atoms with E-state index in [1.54, 1.807) is 25.2 Å². The maximum Gasteiger partial charge on any atom is 0.261 e. The maximum atomic E-state index is 13.6. The Morgan fingerprint density at radius 2 is 1.89 bits per heavy atom. The molecule has 0 aromatic carbocycles. The molecule has 1 amide bonds. The molecule has 2 aromatic heterocycles. The highest BCUT2D eigenvalue weighted by Gasteiger charge is 2.28. The van der Waals surface area contributed by atoms with Crippen LogP contribution in [0.5, 0.6) is 0 Å². The predicted octanol–water partition coefficient (Wildman–Crippen LogP) is 3.14. The summed E-state index contributed by atoms with van der Waals surface area (Å²) in [5, 5.41) is 14.0. The highest BCUT2D eigenvalue weighted by molar-refractivity contribution is 5.81. The van der Waals surface area contributed by atoms with E-state index in [-0.39, 0.29) is 35.6 Å². The highest BCUT2D eigenvalue weighted by atomic mass is 16.3. The largest absolute Gasteiger partial charge is 0.393 e. The van der Waals surface area contributed by atoms with Gasteiger partial charge < -0.3 is 19.9 Å². The van der Waals surface area contributed by atoms with Gasteiger partial charge in [0.1, 0.15) is 0 Å². The summed E-state index contributed by atoms with van der Waals surface area (Å²) < 4.78 is 1.91. The molecular weight excluding hydrogens is 456 g/mol. The Labute approximate surface area is 213 Å². The van der Waals surface area contributed by atoms with Gasteiger partial charge in [-0.15, -0.1) is 0 Å². The molecule has 3 heterocycles. The normalized spacial score (nSPS) is 22.5. The number of likely N-dealkylation sites (N-methyl/N-ethyl adjacent to an activating group) is 1. The number of carbonyl (C=O) groups is 1. The fraction of sp³-hybridized carbons (Fsp3) is 0.704. The van der Waals surface area contributed by atoms with Crippen LogP contribution < -0.4 is 10.9 Å². The number of aliphatic hydroxyl groups is 1. The number of carbonyl (C=O) groups excluding carboxylic acids is 1. The van der Waals surface area contributed by atoms with Gasteiger partial charge in [-0.1, -0.05) is 13.3 Å². The standard InChI is InChI=1S/C27H42N6O3/c1-5-6-18(2)29-27-28-15-22-25(30-27)23(19-7-9-21(34)10-8-19)16-33(26(22)36)20-11-13-32(14-12-20)17-24(35)31(3)4/h15-16,18-21,34H,5-14,17H2,1-4H3,(H,28,29,30). The zero-order chi connectivity index (χ0) is 25.8. The first-order chi connectivity index (χ1) is 17.3. The van der Waals surface area contributed by atoms with E-state index in [1.165, 1.54) is 0 Å². The Bertz CT molecular complexity index is 1100. The molecular formula is C27H42N6O3. The van der Waals surface area contributed by atoms with Crippen LogP contribution in [0.2, 0.25) is 0 Å². The van der Waals surface area contributed by atoms with Crippen molar-refractivity contribution >= 4 is 22.8 Å². The molecule has 36 heavy (non-hydrogen) atoms. The molecule has 1 aliphatic heterocycles. The third-order valence-corrected chi connectivity index (χ3v) is 7.85. The predicted molar refractivity (Wildman–Crippen MR) is 142 cm³/mol. The second kappa shape index (κ2) is 11.7. The quantitative estimate of drug-likeness (QED) is 0.576. The average Bonchev–Trinajstić information content (AvgIpc) is 2.85. The Hall–Kier alpha value is -2.52. The van der Waals surface area contributed by atoms with E-state index in [2.05, 4.69) is 29.0 Å². The molecule has 2 aromatic rings. The Morgan fingerprint density at radius 1 is 1.19 bits per heavy atom. The second-order valence-corrected chi connectivity index (χ2v) is 10.9. The van der Waals surface area contributed by atoms with E-state index >= 15 is 0 Å². The number of aromatic nitrogens is 3. The van der Waals surface area contributed by atoms with Crippen molar-refractivity contribution in [2.75, 3.05) is 39.0 Å². The molecule has 2 N–H and O–H groups in total. The van der Waals surface area contributed by atoms with Crippen LogP contribution >= 0.6 is 0 Å². The summed E-state index contributed by atoms with van der Waals surface area (Å²) >= 11 is 0. The van der Waals surface area contributed by atoms with Crippen molar-refractivity contribution in [3.63, 3.8) is 0 Å². The summed E-state index contributed by atoms with van der Waals surface area (Å²) in [4.78, 5) is 38.9. The lowest BCUT2D eigenvalue weighted by Gasteiger charge is -2.34. The van der Waals surface area contributed by atoms with E-state index in [0.717, 1.165) is 75.5 Å². The molecule has 1 saturated heterocycles. The van der Waals surface area contributed by atoms with E-state index in [0.29, 0.717) is 17.9 Å². The first kappa shape index (κ1) is 26.5. The summed E-state index contributed by atoms with van der Waals surface area (Å²) in [7, 11) is 3.56. The Balaban J connectivity index is 1.64. The fourth-order valence-electron chi connectivity index (χ4n) is 5.61. The van der Waals surface area contributed by atoms with Crippen LogP contribution in [0.1, 0.15) is 82.7 Å². The SMILES string of the molecule is CCCC(C)Nc1ncc2c(=O)n(C3CCN(CC(=O)N(C)C)CC3)cc(C3CCC(O)CC3)c2n1. The molecule has 0 radical (unpaired) electrons. The van der Waals surface area contributed by atoms with E-state index in [9.17, 15) is 14.7 Å². The lowest BCUT2D eigenvalue weighted by Crippen LogP contribution is -2.42. The molecule has 2 fully saturated rings. The summed E-state index contributed by atoms with van der Waals surface area (Å²) in [6.45, 7) is 6.27. The summed E-state index contributed by atoms with van der Waals surface area (Å²) in [6, 6.07) is 0.341. The van der Waals surface area contributed by atoms with Gasteiger partial charge in [0.15, 0.2) is 0 Å². The number of anilines is 1. The minimum atomic E-state index is -0.241. The number of piperidine rings is 1. The topological polar surface area (TPSA) is 104 Å². The Morgan fingerprint density at radius 3 is 2.53 bits per heavy atom. The molecule has 9 nitrogen and oxygen atoms in total. The van der Waals surface area contributed by atoms with E-state index in [4.69, 9.17) is 4.98 Å². The maximum absolute atomic E-state index is 13.6. The number of nitrogens with one attached hydrogen (secondary N) is 1. The third-order valence-electron chi connectivity index (χ3n) is 7.85. The van der Waals surface area contributed by atoms with Crippen molar-refractivity contribution in [1.82, 2.24) is 24.3 Å². The third kappa shape index (κ3) is 6.06. The molecule has 1 unspecified atom stereocenters. The molecule has 9 heteroatoms. The molecule has 2 aliphatic rings. The van der Waals surface area contributed by atoms with Crippen molar-refractivity contribution in [3.8, 4) is 0 Å². The number of likely N-dealkylation sites (tertiary alicyclic amines) is 1. The van der Waals surface area contributed by atoms with Gasteiger partial charge in [-0.2, -0.15) is 0 Å². The van der Waals surface area contributed by atoms with Crippen molar-refractivity contribution in [1.29, 1.82) is 0 Å². The molecule has 1 atom stereocenters. The highest BCUT2D eigenvalue weighted by Crippen LogP contribution is 2.36. The molecule has 4 rings (SSSR count).